The van der Waals surface area contributed by atoms with Crippen LogP contribution in [0.15, 0.2) is 130 Å². The maximum atomic E-state index is 6.65. The zero-order valence-corrected chi connectivity index (χ0v) is 26.8. The van der Waals surface area contributed by atoms with Crippen LogP contribution in [0.1, 0.15) is 48.3 Å². The summed E-state index contributed by atoms with van der Waals surface area (Å²) >= 11 is 0. The van der Waals surface area contributed by atoms with Crippen molar-refractivity contribution < 1.29 is 8.83 Å². The molecule has 3 nitrogen and oxygen atoms in total. The summed E-state index contributed by atoms with van der Waals surface area (Å²) in [4.78, 5) is 0. The number of fused-ring (bicyclic) bond motifs is 12. The molecular weight excluding hydrogens is 587 g/mol. The molecule has 48 heavy (non-hydrogen) atoms. The van der Waals surface area contributed by atoms with Crippen LogP contribution < -0.4 is 0 Å². The molecule has 9 aromatic rings. The Bertz CT molecular complexity index is 2870. The standard InChI is InChI=1S/C45H31NO2/c1-45(2)36-14-6-3-10-29(36)34-24-35-30-11-4-7-15-38(30)46(39(35)25-37(34)45)27-19-21-33-43(23-27)48-41-17-9-13-28(44(33)41)26-18-20-32-31-12-5-8-16-40(31)47-42(32)22-26/h3-17,19,21-25H,18,20H2,1-2H3. The first-order chi connectivity index (χ1) is 23.5. The average Bonchev–Trinajstić information content (AvgIpc) is 3.84. The van der Waals surface area contributed by atoms with Gasteiger partial charge in [0, 0.05) is 49.7 Å². The van der Waals surface area contributed by atoms with E-state index in [4.69, 9.17) is 8.83 Å². The fourth-order valence-electron chi connectivity index (χ4n) is 8.86. The van der Waals surface area contributed by atoms with Gasteiger partial charge in [-0.25, -0.2) is 0 Å². The molecule has 0 unspecified atom stereocenters. The lowest BCUT2D eigenvalue weighted by Crippen LogP contribution is -2.14. The number of hydrogen-bond acceptors (Lipinski definition) is 2. The Morgan fingerprint density at radius 3 is 2.27 bits per heavy atom. The van der Waals surface area contributed by atoms with Crippen molar-refractivity contribution in [2.45, 2.75) is 32.1 Å². The smallest absolute Gasteiger partial charge is 0.137 e. The third-order valence-corrected chi connectivity index (χ3v) is 11.1. The van der Waals surface area contributed by atoms with E-state index in [9.17, 15) is 0 Å². The summed E-state index contributed by atoms with van der Waals surface area (Å²) in [6, 6.07) is 44.1. The van der Waals surface area contributed by atoms with Crippen LogP contribution in [0, 0.1) is 0 Å². The van der Waals surface area contributed by atoms with E-state index >= 15 is 0 Å². The highest BCUT2D eigenvalue weighted by Gasteiger charge is 2.36. The van der Waals surface area contributed by atoms with Crippen LogP contribution >= 0.6 is 0 Å². The Hall–Kier alpha value is -5.80. The molecule has 0 fully saturated rings. The van der Waals surface area contributed by atoms with Gasteiger partial charge in [0.05, 0.1) is 11.0 Å². The van der Waals surface area contributed by atoms with Gasteiger partial charge in [-0.15, -0.1) is 0 Å². The van der Waals surface area contributed by atoms with E-state index in [1.165, 1.54) is 71.5 Å². The van der Waals surface area contributed by atoms with Gasteiger partial charge in [0.15, 0.2) is 0 Å². The summed E-state index contributed by atoms with van der Waals surface area (Å²) in [5, 5.41) is 6.07. The van der Waals surface area contributed by atoms with E-state index in [1.807, 2.05) is 6.07 Å². The van der Waals surface area contributed by atoms with E-state index in [0.717, 1.165) is 46.4 Å². The van der Waals surface area contributed by atoms with E-state index in [1.54, 1.807) is 0 Å². The first-order valence-corrected chi connectivity index (χ1v) is 16.9. The van der Waals surface area contributed by atoms with E-state index in [2.05, 4.69) is 140 Å². The number of aromatic nitrogens is 1. The van der Waals surface area contributed by atoms with Crippen LogP contribution in [-0.4, -0.2) is 4.57 Å². The SMILES string of the molecule is CC1(C)c2ccccc2-c2cc3c4ccccc4n(-c4ccc5c(c4)oc4cccc(C6=Cc7oc8ccccc8c7CC6)c45)c3cc21. The zero-order chi connectivity index (χ0) is 31.7. The minimum absolute atomic E-state index is 0.0720. The number of allylic oxidation sites excluding steroid dienone is 1. The molecule has 3 heterocycles. The molecule has 0 N–H and O–H groups in total. The Labute approximate surface area is 277 Å². The van der Waals surface area contributed by atoms with Gasteiger partial charge in [0.25, 0.3) is 0 Å². The summed E-state index contributed by atoms with van der Waals surface area (Å²) in [6.45, 7) is 4.70. The summed E-state index contributed by atoms with van der Waals surface area (Å²) in [7, 11) is 0. The second-order valence-corrected chi connectivity index (χ2v) is 14.0. The second-order valence-electron chi connectivity index (χ2n) is 14.0. The molecule has 0 amide bonds. The van der Waals surface area contributed by atoms with Gasteiger partial charge < -0.3 is 13.4 Å². The fraction of sp³-hybridized carbons (Fsp3) is 0.111. The van der Waals surface area contributed by atoms with Crippen molar-refractivity contribution in [1.82, 2.24) is 4.57 Å². The lowest BCUT2D eigenvalue weighted by atomic mass is 9.82. The molecule has 0 atom stereocenters. The molecule has 0 spiro atoms. The van der Waals surface area contributed by atoms with Crippen LogP contribution in [0.3, 0.4) is 0 Å². The Kier molecular flexibility index (Phi) is 5.02. The number of nitrogens with zero attached hydrogens (tertiary/aromatic N) is 1. The van der Waals surface area contributed by atoms with Crippen LogP contribution in [0.5, 0.6) is 0 Å². The lowest BCUT2D eigenvalue weighted by molar-refractivity contribution is 0.596. The molecule has 0 saturated heterocycles. The predicted molar refractivity (Wildman–Crippen MR) is 198 cm³/mol. The molecule has 6 aromatic carbocycles. The normalized spacial score (nSPS) is 15.0. The summed E-state index contributed by atoms with van der Waals surface area (Å²) in [5.74, 6) is 0.980. The maximum Gasteiger partial charge on any atom is 0.137 e. The molecule has 0 saturated carbocycles. The summed E-state index contributed by atoms with van der Waals surface area (Å²) < 4.78 is 15.4. The molecule has 3 aromatic heterocycles. The van der Waals surface area contributed by atoms with Crippen molar-refractivity contribution in [3.05, 3.63) is 149 Å². The number of rotatable bonds is 2. The van der Waals surface area contributed by atoms with Crippen molar-refractivity contribution in [3.63, 3.8) is 0 Å². The zero-order valence-electron chi connectivity index (χ0n) is 26.8. The van der Waals surface area contributed by atoms with Gasteiger partial charge in [-0.05, 0) is 94.8 Å². The van der Waals surface area contributed by atoms with Crippen LogP contribution in [0.4, 0.5) is 0 Å². The molecule has 228 valence electrons. The van der Waals surface area contributed by atoms with Gasteiger partial charge in [0.2, 0.25) is 0 Å². The molecule has 0 aliphatic heterocycles. The molecule has 2 aliphatic carbocycles. The lowest BCUT2D eigenvalue weighted by Gasteiger charge is -2.21. The van der Waals surface area contributed by atoms with E-state index in [-0.39, 0.29) is 5.41 Å². The molecule has 0 radical (unpaired) electrons. The summed E-state index contributed by atoms with van der Waals surface area (Å²) in [5.41, 5.74) is 15.5. The number of para-hydroxylation sites is 2. The number of benzene rings is 6. The molecule has 11 rings (SSSR count). The van der Waals surface area contributed by atoms with Gasteiger partial charge in [-0.1, -0.05) is 86.6 Å². The van der Waals surface area contributed by atoms with Crippen LogP contribution in [0.25, 0.3) is 83.2 Å². The number of furan rings is 2. The van der Waals surface area contributed by atoms with Crippen LogP contribution in [0.2, 0.25) is 0 Å². The van der Waals surface area contributed by atoms with Crippen molar-refractivity contribution in [2.75, 3.05) is 0 Å². The molecule has 2 aliphatic rings. The van der Waals surface area contributed by atoms with Gasteiger partial charge in [-0.2, -0.15) is 0 Å². The van der Waals surface area contributed by atoms with Crippen molar-refractivity contribution in [3.8, 4) is 16.8 Å². The van der Waals surface area contributed by atoms with Crippen LogP contribution in [-0.2, 0) is 11.8 Å². The number of hydrogen-bond donors (Lipinski definition) is 0. The van der Waals surface area contributed by atoms with Gasteiger partial charge >= 0.3 is 0 Å². The second kappa shape index (κ2) is 9.17. The quantitative estimate of drug-likeness (QED) is 0.193. The van der Waals surface area contributed by atoms with E-state index < -0.39 is 0 Å². The highest BCUT2D eigenvalue weighted by atomic mass is 16.3. The highest BCUT2D eigenvalue weighted by Crippen LogP contribution is 2.51. The first kappa shape index (κ1) is 26.3. The number of aryl methyl sites for hydroxylation is 1. The Morgan fingerprint density at radius 2 is 1.33 bits per heavy atom. The van der Waals surface area contributed by atoms with Gasteiger partial charge in [-0.3, -0.25) is 0 Å². The third-order valence-electron chi connectivity index (χ3n) is 11.1. The van der Waals surface area contributed by atoms with Crippen molar-refractivity contribution in [2.24, 2.45) is 0 Å². The third kappa shape index (κ3) is 3.38. The first-order valence-electron chi connectivity index (χ1n) is 16.9. The maximum absolute atomic E-state index is 6.65. The van der Waals surface area contributed by atoms with E-state index in [0.29, 0.717) is 0 Å². The fourth-order valence-corrected chi connectivity index (χ4v) is 8.86. The summed E-state index contributed by atoms with van der Waals surface area (Å²) in [6.07, 6.45) is 4.18. The van der Waals surface area contributed by atoms with Gasteiger partial charge in [0.1, 0.15) is 22.5 Å². The minimum Gasteiger partial charge on any atom is -0.456 e. The highest BCUT2D eigenvalue weighted by molar-refractivity contribution is 6.14. The largest absolute Gasteiger partial charge is 0.456 e. The minimum atomic E-state index is -0.0720. The topological polar surface area (TPSA) is 31.2 Å². The average molecular weight is 618 g/mol. The Morgan fingerprint density at radius 1 is 0.542 bits per heavy atom. The molecule has 0 bridgehead atoms. The molecular formula is C45H31NO2. The van der Waals surface area contributed by atoms with Crippen molar-refractivity contribution >= 4 is 66.4 Å². The predicted octanol–water partition coefficient (Wildman–Crippen LogP) is 12.2. The van der Waals surface area contributed by atoms with Crippen molar-refractivity contribution in [1.29, 1.82) is 0 Å². The monoisotopic (exact) mass is 617 g/mol. The Balaban J connectivity index is 1.11. The molecule has 3 heteroatoms.